The Morgan fingerprint density at radius 2 is 2.07 bits per heavy atom. The van der Waals surface area contributed by atoms with Gasteiger partial charge in [-0.15, -0.1) is 0 Å². The molecule has 0 spiro atoms. The fourth-order valence-electron chi connectivity index (χ4n) is 1.10. The summed E-state index contributed by atoms with van der Waals surface area (Å²) in [5, 5.41) is 8.81. The average molecular weight is 191 g/mol. The van der Waals surface area contributed by atoms with E-state index in [9.17, 15) is 4.79 Å². The molecular formula is C11H13NO2. The molecular weight excluding hydrogens is 178 g/mol. The largest absolute Gasteiger partial charge is 0.477 e. The third-order valence-corrected chi connectivity index (χ3v) is 1.76. The summed E-state index contributed by atoms with van der Waals surface area (Å²) in [5.74, 6) is -0.980. The molecule has 1 N–H and O–H groups in total. The van der Waals surface area contributed by atoms with Crippen LogP contribution in [0.5, 0.6) is 0 Å². The summed E-state index contributed by atoms with van der Waals surface area (Å²) in [7, 11) is 0. The lowest BCUT2D eigenvalue weighted by Crippen LogP contribution is -2.00. The number of rotatable bonds is 1. The maximum Gasteiger partial charge on any atom is 0.354 e. The fraction of sp³-hybridized carbons (Fsp3) is 0.273. The minimum Gasteiger partial charge on any atom is -0.477 e. The highest BCUT2D eigenvalue weighted by Gasteiger charge is 2.04. The van der Waals surface area contributed by atoms with Gasteiger partial charge in [0.15, 0.2) is 0 Å². The number of aliphatic imine (C=N–C) groups is 1. The molecule has 0 bridgehead atoms. The van der Waals surface area contributed by atoms with Crippen molar-refractivity contribution in [2.75, 3.05) is 0 Å². The highest BCUT2D eigenvalue weighted by Crippen LogP contribution is 2.04. The number of aliphatic carboxylic acids is 1. The van der Waals surface area contributed by atoms with Crippen LogP contribution in [0.1, 0.15) is 19.8 Å². The number of carboxylic acid groups (broad SMARTS) is 1. The van der Waals surface area contributed by atoms with E-state index in [0.29, 0.717) is 12.1 Å². The zero-order chi connectivity index (χ0) is 10.4. The molecule has 0 saturated heterocycles. The van der Waals surface area contributed by atoms with Crippen molar-refractivity contribution in [1.29, 1.82) is 0 Å². The standard InChI is InChI=1S/C11H13NO2/c1-9-7-5-3-2-4-6-8-10(12-9)11(13)14/h2,4-5,7-8H,3,6H2,1H3,(H,13,14). The lowest BCUT2D eigenvalue weighted by Gasteiger charge is -1.97. The van der Waals surface area contributed by atoms with E-state index >= 15 is 0 Å². The molecule has 3 heteroatoms. The lowest BCUT2D eigenvalue weighted by molar-refractivity contribution is -0.132. The van der Waals surface area contributed by atoms with Crippen LogP contribution in [-0.2, 0) is 4.79 Å². The lowest BCUT2D eigenvalue weighted by atomic mass is 10.2. The third-order valence-electron chi connectivity index (χ3n) is 1.76. The molecule has 0 aliphatic carbocycles. The summed E-state index contributed by atoms with van der Waals surface area (Å²) in [6, 6.07) is 0. The van der Waals surface area contributed by atoms with Gasteiger partial charge in [-0.1, -0.05) is 18.2 Å². The number of allylic oxidation sites excluding steroid dienone is 5. The second kappa shape index (κ2) is 5.17. The second-order valence-electron chi connectivity index (χ2n) is 2.99. The predicted molar refractivity (Wildman–Crippen MR) is 56.3 cm³/mol. The Kier molecular flexibility index (Phi) is 3.85. The summed E-state index contributed by atoms with van der Waals surface area (Å²) in [6.45, 7) is 1.79. The molecule has 0 saturated carbocycles. The van der Waals surface area contributed by atoms with Gasteiger partial charge >= 0.3 is 5.97 Å². The van der Waals surface area contributed by atoms with Gasteiger partial charge in [0.2, 0.25) is 0 Å². The maximum absolute atomic E-state index is 10.7. The van der Waals surface area contributed by atoms with Crippen LogP contribution >= 0.6 is 0 Å². The molecule has 1 aliphatic heterocycles. The number of carbonyl (C=O) groups is 1. The minimum atomic E-state index is -0.980. The first-order chi connectivity index (χ1) is 6.70. The molecule has 3 nitrogen and oxygen atoms in total. The van der Waals surface area contributed by atoms with Gasteiger partial charge in [0.1, 0.15) is 5.70 Å². The summed E-state index contributed by atoms with van der Waals surface area (Å²) < 4.78 is 0. The predicted octanol–water partition coefficient (Wildman–Crippen LogP) is 2.32. The van der Waals surface area contributed by atoms with Crippen LogP contribution in [-0.4, -0.2) is 16.8 Å². The van der Waals surface area contributed by atoms with Gasteiger partial charge < -0.3 is 5.11 Å². The number of nitrogens with zero attached hydrogens (tertiary/aromatic N) is 1. The van der Waals surface area contributed by atoms with E-state index in [1.54, 1.807) is 13.0 Å². The average Bonchev–Trinajstić information content (AvgIpc) is 2.15. The van der Waals surface area contributed by atoms with Crippen molar-refractivity contribution in [1.82, 2.24) is 0 Å². The van der Waals surface area contributed by atoms with Gasteiger partial charge in [-0.25, -0.2) is 9.79 Å². The third kappa shape index (κ3) is 3.39. The van der Waals surface area contributed by atoms with Crippen LogP contribution in [0.25, 0.3) is 0 Å². The summed E-state index contributed by atoms with van der Waals surface area (Å²) in [5.41, 5.74) is 0.827. The zero-order valence-electron chi connectivity index (χ0n) is 8.10. The Balaban J connectivity index is 2.94. The van der Waals surface area contributed by atoms with Crippen LogP contribution in [0.4, 0.5) is 0 Å². The molecule has 0 atom stereocenters. The molecule has 1 heterocycles. The van der Waals surface area contributed by atoms with Crippen molar-refractivity contribution in [3.05, 3.63) is 36.1 Å². The highest BCUT2D eigenvalue weighted by molar-refractivity contribution is 5.97. The van der Waals surface area contributed by atoms with Crippen molar-refractivity contribution < 1.29 is 9.90 Å². The van der Waals surface area contributed by atoms with E-state index in [1.807, 2.05) is 24.3 Å². The number of hydrogen-bond donors (Lipinski definition) is 1. The van der Waals surface area contributed by atoms with Gasteiger partial charge in [-0.05, 0) is 31.9 Å². The quantitative estimate of drug-likeness (QED) is 0.646. The highest BCUT2D eigenvalue weighted by atomic mass is 16.4. The first-order valence-electron chi connectivity index (χ1n) is 4.50. The van der Waals surface area contributed by atoms with Crippen LogP contribution in [0.2, 0.25) is 0 Å². The Hall–Kier alpha value is -1.64. The normalized spacial score (nSPS) is 17.2. The fourth-order valence-corrected chi connectivity index (χ4v) is 1.10. The first kappa shape index (κ1) is 10.4. The molecule has 0 aromatic heterocycles. The van der Waals surface area contributed by atoms with Gasteiger partial charge in [-0.3, -0.25) is 0 Å². The van der Waals surface area contributed by atoms with Crippen LogP contribution < -0.4 is 0 Å². The van der Waals surface area contributed by atoms with Gasteiger partial charge in [0.25, 0.3) is 0 Å². The molecule has 14 heavy (non-hydrogen) atoms. The molecule has 0 radical (unpaired) electrons. The molecule has 0 unspecified atom stereocenters. The Bertz CT molecular complexity index is 335. The summed E-state index contributed by atoms with van der Waals surface area (Å²) in [6.07, 6.45) is 10.8. The topological polar surface area (TPSA) is 49.7 Å². The van der Waals surface area contributed by atoms with E-state index in [2.05, 4.69) is 4.99 Å². The molecule has 74 valence electrons. The Morgan fingerprint density at radius 1 is 1.36 bits per heavy atom. The molecule has 0 aromatic carbocycles. The van der Waals surface area contributed by atoms with E-state index in [1.165, 1.54) is 0 Å². The van der Waals surface area contributed by atoms with Crippen molar-refractivity contribution in [2.24, 2.45) is 4.99 Å². The van der Waals surface area contributed by atoms with E-state index in [-0.39, 0.29) is 5.70 Å². The number of carboxylic acids is 1. The molecule has 1 rings (SSSR count). The molecule has 0 amide bonds. The first-order valence-corrected chi connectivity index (χ1v) is 4.50. The zero-order valence-corrected chi connectivity index (χ0v) is 8.10. The molecule has 0 aromatic rings. The summed E-state index contributed by atoms with van der Waals surface area (Å²) >= 11 is 0. The van der Waals surface area contributed by atoms with Crippen molar-refractivity contribution in [3.63, 3.8) is 0 Å². The Morgan fingerprint density at radius 3 is 2.79 bits per heavy atom. The van der Waals surface area contributed by atoms with E-state index in [0.717, 1.165) is 6.42 Å². The van der Waals surface area contributed by atoms with Crippen LogP contribution in [0, 0.1) is 0 Å². The smallest absolute Gasteiger partial charge is 0.354 e. The molecule has 1 aliphatic rings. The second-order valence-corrected chi connectivity index (χ2v) is 2.99. The maximum atomic E-state index is 10.7. The van der Waals surface area contributed by atoms with E-state index < -0.39 is 5.97 Å². The van der Waals surface area contributed by atoms with Gasteiger partial charge in [-0.2, -0.15) is 0 Å². The number of hydrogen-bond acceptors (Lipinski definition) is 2. The SMILES string of the molecule is CC1=NC(C(=O)O)=CCC=CCC=C1. The van der Waals surface area contributed by atoms with Gasteiger partial charge in [0.05, 0.1) is 0 Å². The monoisotopic (exact) mass is 191 g/mol. The van der Waals surface area contributed by atoms with E-state index in [4.69, 9.17) is 5.11 Å². The van der Waals surface area contributed by atoms with Gasteiger partial charge in [0, 0.05) is 5.71 Å². The van der Waals surface area contributed by atoms with Crippen LogP contribution in [0.3, 0.4) is 0 Å². The minimum absolute atomic E-state index is 0.110. The van der Waals surface area contributed by atoms with Crippen molar-refractivity contribution in [2.45, 2.75) is 19.8 Å². The Labute approximate surface area is 83.2 Å². The van der Waals surface area contributed by atoms with Crippen molar-refractivity contribution >= 4 is 11.7 Å². The van der Waals surface area contributed by atoms with Crippen molar-refractivity contribution in [3.8, 4) is 0 Å². The molecule has 0 fully saturated rings. The van der Waals surface area contributed by atoms with Crippen LogP contribution in [0.15, 0.2) is 41.1 Å². The summed E-state index contributed by atoms with van der Waals surface area (Å²) in [4.78, 5) is 14.7.